The average Bonchev–Trinajstić information content (AvgIpc) is 2.37. The van der Waals surface area contributed by atoms with E-state index in [1.165, 1.54) is 0 Å². The Kier molecular flexibility index (Phi) is 6.48. The van der Waals surface area contributed by atoms with Crippen molar-refractivity contribution in [1.82, 2.24) is 0 Å². The van der Waals surface area contributed by atoms with Gasteiger partial charge in [-0.3, -0.25) is 0 Å². The van der Waals surface area contributed by atoms with Crippen molar-refractivity contribution >= 4 is 8.80 Å². The van der Waals surface area contributed by atoms with Crippen LogP contribution in [0.5, 0.6) is 0 Å². The summed E-state index contributed by atoms with van der Waals surface area (Å²) in [6, 6.07) is 0.890. The predicted molar refractivity (Wildman–Crippen MR) is 62.6 cm³/mol. The van der Waals surface area contributed by atoms with Gasteiger partial charge in [0.25, 0.3) is 0 Å². The zero-order valence-electron chi connectivity index (χ0n) is 10.6. The van der Waals surface area contributed by atoms with Gasteiger partial charge in [-0.1, -0.05) is 0 Å². The maximum absolute atomic E-state index is 5.39. The van der Waals surface area contributed by atoms with E-state index in [0.717, 1.165) is 45.3 Å². The first-order chi connectivity index (χ1) is 7.76. The Bertz CT molecular complexity index is 175. The predicted octanol–water partition coefficient (Wildman–Crippen LogP) is -0.830. The minimum Gasteiger partial charge on any atom is -0.377 e. The van der Waals surface area contributed by atoms with Gasteiger partial charge >= 0.3 is 8.80 Å². The Morgan fingerprint density at radius 3 is 2.12 bits per heavy atom. The van der Waals surface area contributed by atoms with Crippen molar-refractivity contribution in [1.29, 1.82) is 0 Å². The van der Waals surface area contributed by atoms with Gasteiger partial charge in [-0.2, -0.15) is 0 Å². The van der Waals surface area contributed by atoms with Crippen molar-refractivity contribution in [3.8, 4) is 0 Å². The topological polar surface area (TPSA) is 41.4 Å². The molecule has 0 aromatic carbocycles. The SMILES string of the molecule is CO[Si](CCC[NH+]1CCOCC1)(OC)OC. The van der Waals surface area contributed by atoms with E-state index in [9.17, 15) is 0 Å². The van der Waals surface area contributed by atoms with E-state index >= 15 is 0 Å². The fourth-order valence-electron chi connectivity index (χ4n) is 2.02. The van der Waals surface area contributed by atoms with E-state index in [1.54, 1.807) is 26.2 Å². The molecule has 1 heterocycles. The quantitative estimate of drug-likeness (QED) is 0.599. The Morgan fingerprint density at radius 2 is 1.62 bits per heavy atom. The molecule has 0 aliphatic carbocycles. The largest absolute Gasteiger partial charge is 0.500 e. The summed E-state index contributed by atoms with van der Waals surface area (Å²) < 4.78 is 21.5. The summed E-state index contributed by atoms with van der Waals surface area (Å²) in [6.07, 6.45) is 1.08. The smallest absolute Gasteiger partial charge is 0.377 e. The van der Waals surface area contributed by atoms with Crippen LogP contribution in [0.2, 0.25) is 6.04 Å². The molecule has 0 amide bonds. The lowest BCUT2D eigenvalue weighted by Crippen LogP contribution is -3.14. The molecule has 5 nitrogen and oxygen atoms in total. The second-order valence-electron chi connectivity index (χ2n) is 4.01. The molecule has 0 aromatic rings. The van der Waals surface area contributed by atoms with Gasteiger partial charge in [0.1, 0.15) is 13.1 Å². The van der Waals surface area contributed by atoms with Gasteiger partial charge in [0, 0.05) is 33.8 Å². The minimum atomic E-state index is -2.35. The molecular formula is C10H24NO4Si+. The van der Waals surface area contributed by atoms with Crippen LogP contribution in [0, 0.1) is 0 Å². The van der Waals surface area contributed by atoms with Crippen molar-refractivity contribution in [2.75, 3.05) is 54.2 Å². The first-order valence-electron chi connectivity index (χ1n) is 5.83. The van der Waals surface area contributed by atoms with Crippen LogP contribution in [0.1, 0.15) is 6.42 Å². The molecule has 0 spiro atoms. The third-order valence-corrected chi connectivity index (χ3v) is 5.98. The molecule has 0 aromatic heterocycles. The maximum Gasteiger partial charge on any atom is 0.500 e. The van der Waals surface area contributed by atoms with E-state index in [4.69, 9.17) is 18.0 Å². The van der Waals surface area contributed by atoms with Crippen LogP contribution < -0.4 is 4.90 Å². The van der Waals surface area contributed by atoms with Crippen LogP contribution in [0.4, 0.5) is 0 Å². The molecule has 0 saturated carbocycles. The normalized spacial score (nSPS) is 18.9. The van der Waals surface area contributed by atoms with Crippen LogP contribution in [-0.2, 0) is 18.0 Å². The van der Waals surface area contributed by atoms with Crippen LogP contribution in [0.25, 0.3) is 0 Å². The van der Waals surface area contributed by atoms with E-state index in [1.807, 2.05) is 0 Å². The Morgan fingerprint density at radius 1 is 1.06 bits per heavy atom. The number of ether oxygens (including phenoxy) is 1. The highest BCUT2D eigenvalue weighted by atomic mass is 28.4. The second kappa shape index (κ2) is 7.36. The van der Waals surface area contributed by atoms with Gasteiger partial charge in [0.15, 0.2) is 0 Å². The first kappa shape index (κ1) is 14.1. The summed E-state index contributed by atoms with van der Waals surface area (Å²) in [5, 5.41) is 0. The molecule has 0 atom stereocenters. The van der Waals surface area contributed by atoms with Gasteiger partial charge in [0.05, 0.1) is 19.8 Å². The summed E-state index contributed by atoms with van der Waals surface area (Å²) in [5.41, 5.74) is 0. The number of rotatable bonds is 7. The Hall–Kier alpha value is 0.0169. The Balaban J connectivity index is 2.21. The maximum atomic E-state index is 5.39. The van der Waals surface area contributed by atoms with Crippen molar-refractivity contribution in [3.63, 3.8) is 0 Å². The fourth-order valence-corrected chi connectivity index (χ4v) is 3.74. The fraction of sp³-hybridized carbons (Fsp3) is 1.00. The molecule has 96 valence electrons. The number of morpholine rings is 1. The van der Waals surface area contributed by atoms with Crippen molar-refractivity contribution in [3.05, 3.63) is 0 Å². The summed E-state index contributed by atoms with van der Waals surface area (Å²) in [4.78, 5) is 1.61. The third kappa shape index (κ3) is 4.12. The zero-order chi connectivity index (χ0) is 11.9. The summed E-state index contributed by atoms with van der Waals surface area (Å²) in [5.74, 6) is 0. The van der Waals surface area contributed by atoms with Gasteiger partial charge in [-0.25, -0.2) is 0 Å². The van der Waals surface area contributed by atoms with Crippen molar-refractivity contribution < 1.29 is 22.9 Å². The molecule has 1 aliphatic heterocycles. The van der Waals surface area contributed by atoms with Gasteiger partial charge in [-0.15, -0.1) is 0 Å². The van der Waals surface area contributed by atoms with E-state index in [2.05, 4.69) is 0 Å². The number of nitrogens with one attached hydrogen (secondary N) is 1. The lowest BCUT2D eigenvalue weighted by atomic mass is 10.3. The molecule has 0 radical (unpaired) electrons. The van der Waals surface area contributed by atoms with Gasteiger partial charge < -0.3 is 22.9 Å². The number of hydrogen-bond donors (Lipinski definition) is 1. The Labute approximate surface area is 99.0 Å². The molecule has 1 rings (SSSR count). The second-order valence-corrected chi connectivity index (χ2v) is 7.10. The molecule has 1 fully saturated rings. The monoisotopic (exact) mass is 250 g/mol. The average molecular weight is 250 g/mol. The molecule has 1 N–H and O–H groups in total. The van der Waals surface area contributed by atoms with Crippen LogP contribution in [-0.4, -0.2) is 63.0 Å². The minimum absolute atomic E-state index is 0.886. The number of quaternary nitrogens is 1. The van der Waals surface area contributed by atoms with Gasteiger partial charge in [0.2, 0.25) is 0 Å². The van der Waals surface area contributed by atoms with Crippen LogP contribution in [0.3, 0.4) is 0 Å². The standard InChI is InChI=1S/C10H23NO4Si/c1-12-16(13-2,14-3)10-4-5-11-6-8-15-9-7-11/h4-10H2,1-3H3/p+1. The lowest BCUT2D eigenvalue weighted by Gasteiger charge is -2.27. The molecule has 0 unspecified atom stereocenters. The molecule has 1 saturated heterocycles. The van der Waals surface area contributed by atoms with Crippen molar-refractivity contribution in [2.24, 2.45) is 0 Å². The molecule has 6 heteroatoms. The molecule has 16 heavy (non-hydrogen) atoms. The highest BCUT2D eigenvalue weighted by molar-refractivity contribution is 6.60. The lowest BCUT2D eigenvalue weighted by molar-refractivity contribution is -0.908. The zero-order valence-corrected chi connectivity index (χ0v) is 11.6. The number of hydrogen-bond acceptors (Lipinski definition) is 4. The summed E-state index contributed by atoms with van der Waals surface area (Å²) in [7, 11) is 2.66. The van der Waals surface area contributed by atoms with E-state index < -0.39 is 8.80 Å². The van der Waals surface area contributed by atoms with Gasteiger partial charge in [-0.05, 0) is 0 Å². The first-order valence-corrected chi connectivity index (χ1v) is 7.76. The van der Waals surface area contributed by atoms with E-state index in [0.29, 0.717) is 0 Å². The van der Waals surface area contributed by atoms with E-state index in [-0.39, 0.29) is 0 Å². The highest BCUT2D eigenvalue weighted by Gasteiger charge is 2.37. The van der Waals surface area contributed by atoms with Crippen LogP contribution >= 0.6 is 0 Å². The molecular weight excluding hydrogens is 226 g/mol. The highest BCUT2D eigenvalue weighted by Crippen LogP contribution is 2.13. The molecule has 1 aliphatic rings. The summed E-state index contributed by atoms with van der Waals surface area (Å²) >= 11 is 0. The molecule has 0 bridgehead atoms. The van der Waals surface area contributed by atoms with Crippen molar-refractivity contribution in [2.45, 2.75) is 12.5 Å². The summed E-state index contributed by atoms with van der Waals surface area (Å²) in [6.45, 7) is 5.14. The van der Waals surface area contributed by atoms with Crippen LogP contribution in [0.15, 0.2) is 0 Å². The third-order valence-electron chi connectivity index (χ3n) is 3.15.